The zero-order chi connectivity index (χ0) is 20.6. The molecular weight excluding hydrogens is 374 g/mol. The first-order chi connectivity index (χ1) is 14.1. The maximum absolute atomic E-state index is 12.2. The van der Waals surface area contributed by atoms with E-state index in [9.17, 15) is 9.59 Å². The number of anilines is 2. The Hall–Kier alpha value is -3.36. The molecule has 2 amide bonds. The Balaban J connectivity index is 1.44. The third kappa shape index (κ3) is 5.34. The van der Waals surface area contributed by atoms with E-state index < -0.39 is 11.8 Å². The molecule has 1 fully saturated rings. The molecule has 3 rings (SSSR count). The minimum Gasteiger partial charge on any atom is -0.493 e. The number of hydrogen-bond acceptors (Lipinski definition) is 7. The van der Waals surface area contributed by atoms with Gasteiger partial charge < -0.3 is 25.0 Å². The number of nitrogens with zero attached hydrogens (tertiary/aromatic N) is 3. The van der Waals surface area contributed by atoms with Crippen molar-refractivity contribution in [1.82, 2.24) is 15.3 Å². The molecule has 2 N–H and O–H groups in total. The van der Waals surface area contributed by atoms with Gasteiger partial charge in [-0.15, -0.1) is 0 Å². The predicted octanol–water partition coefficient (Wildman–Crippen LogP) is 1.47. The second-order valence-corrected chi connectivity index (χ2v) is 6.71. The molecule has 1 saturated heterocycles. The fraction of sp³-hybridized carbons (Fsp3) is 0.400. The number of aromatic nitrogens is 2. The Bertz CT molecular complexity index is 838. The lowest BCUT2D eigenvalue weighted by Gasteiger charge is -2.31. The Labute approximate surface area is 169 Å². The molecule has 0 bridgehead atoms. The number of methoxy groups -OCH3 is 2. The maximum Gasteiger partial charge on any atom is 0.313 e. The molecule has 0 unspecified atom stereocenters. The van der Waals surface area contributed by atoms with Crippen molar-refractivity contribution in [2.24, 2.45) is 5.92 Å². The second-order valence-electron chi connectivity index (χ2n) is 6.71. The van der Waals surface area contributed by atoms with E-state index in [1.165, 1.54) is 14.2 Å². The van der Waals surface area contributed by atoms with Crippen LogP contribution in [-0.2, 0) is 9.59 Å². The lowest BCUT2D eigenvalue weighted by Crippen LogP contribution is -2.42. The number of amides is 2. The average molecular weight is 399 g/mol. The van der Waals surface area contributed by atoms with Gasteiger partial charge in [-0.05, 0) is 37.0 Å². The summed E-state index contributed by atoms with van der Waals surface area (Å²) in [7, 11) is 3.03. The summed E-state index contributed by atoms with van der Waals surface area (Å²) in [6, 6.07) is 6.70. The van der Waals surface area contributed by atoms with Crippen molar-refractivity contribution in [2.45, 2.75) is 12.8 Å². The smallest absolute Gasteiger partial charge is 0.313 e. The lowest BCUT2D eigenvalue weighted by atomic mass is 9.97. The van der Waals surface area contributed by atoms with Crippen molar-refractivity contribution < 1.29 is 19.1 Å². The standard InChI is InChI=1S/C20H25N5O4/c1-28-16-5-4-15(12-17(16)29-2)24-19(27)18(26)23-13-14-6-10-25(11-7-14)20-21-8-3-9-22-20/h3-5,8-9,12,14H,6-7,10-11,13H2,1-2H3,(H,23,26)(H,24,27). The zero-order valence-corrected chi connectivity index (χ0v) is 16.6. The molecule has 1 aliphatic rings. The highest BCUT2D eigenvalue weighted by atomic mass is 16.5. The van der Waals surface area contributed by atoms with E-state index in [0.717, 1.165) is 31.9 Å². The molecule has 2 heterocycles. The van der Waals surface area contributed by atoms with Crippen LogP contribution >= 0.6 is 0 Å². The molecule has 0 atom stereocenters. The summed E-state index contributed by atoms with van der Waals surface area (Å²) in [5.41, 5.74) is 0.457. The van der Waals surface area contributed by atoms with Crippen molar-refractivity contribution in [2.75, 3.05) is 44.1 Å². The normalized spacial score (nSPS) is 14.2. The summed E-state index contributed by atoms with van der Waals surface area (Å²) in [6.07, 6.45) is 5.25. The van der Waals surface area contributed by atoms with Gasteiger partial charge in [-0.3, -0.25) is 9.59 Å². The van der Waals surface area contributed by atoms with Gasteiger partial charge in [0.1, 0.15) is 0 Å². The van der Waals surface area contributed by atoms with Crippen LogP contribution in [-0.4, -0.2) is 55.6 Å². The first-order valence-corrected chi connectivity index (χ1v) is 9.44. The van der Waals surface area contributed by atoms with E-state index in [1.54, 1.807) is 36.7 Å². The molecule has 154 valence electrons. The molecule has 0 spiro atoms. The van der Waals surface area contributed by atoms with E-state index in [-0.39, 0.29) is 0 Å². The van der Waals surface area contributed by atoms with Crippen LogP contribution in [0.5, 0.6) is 11.5 Å². The minimum absolute atomic E-state index is 0.313. The minimum atomic E-state index is -0.715. The zero-order valence-electron chi connectivity index (χ0n) is 16.6. The summed E-state index contributed by atoms with van der Waals surface area (Å²) >= 11 is 0. The van der Waals surface area contributed by atoms with Crippen LogP contribution in [0, 0.1) is 5.92 Å². The second kappa shape index (κ2) is 9.72. The summed E-state index contributed by atoms with van der Waals surface area (Å²) in [4.78, 5) is 35.0. The van der Waals surface area contributed by atoms with Gasteiger partial charge in [0.25, 0.3) is 0 Å². The van der Waals surface area contributed by atoms with Crippen molar-refractivity contribution in [3.05, 3.63) is 36.7 Å². The van der Waals surface area contributed by atoms with Crippen molar-refractivity contribution in [3.8, 4) is 11.5 Å². The van der Waals surface area contributed by atoms with E-state index in [0.29, 0.717) is 29.6 Å². The summed E-state index contributed by atoms with van der Waals surface area (Å²) in [5, 5.41) is 5.29. The Morgan fingerprint density at radius 2 is 1.76 bits per heavy atom. The predicted molar refractivity (Wildman–Crippen MR) is 108 cm³/mol. The molecule has 1 aliphatic heterocycles. The first-order valence-electron chi connectivity index (χ1n) is 9.44. The number of ether oxygens (including phenoxy) is 2. The lowest BCUT2D eigenvalue weighted by molar-refractivity contribution is -0.136. The Morgan fingerprint density at radius 1 is 1.07 bits per heavy atom. The van der Waals surface area contributed by atoms with Gasteiger partial charge in [0, 0.05) is 43.8 Å². The van der Waals surface area contributed by atoms with E-state index in [1.807, 2.05) is 0 Å². The fourth-order valence-corrected chi connectivity index (χ4v) is 3.21. The van der Waals surface area contributed by atoms with E-state index >= 15 is 0 Å². The summed E-state index contributed by atoms with van der Waals surface area (Å²) in [5.74, 6) is 0.681. The fourth-order valence-electron chi connectivity index (χ4n) is 3.21. The molecule has 0 radical (unpaired) electrons. The van der Waals surface area contributed by atoms with Gasteiger partial charge in [-0.2, -0.15) is 0 Å². The van der Waals surface area contributed by atoms with Crippen LogP contribution < -0.4 is 25.0 Å². The molecule has 9 nitrogen and oxygen atoms in total. The van der Waals surface area contributed by atoms with E-state index in [2.05, 4.69) is 25.5 Å². The molecule has 2 aromatic rings. The van der Waals surface area contributed by atoms with Crippen LogP contribution in [0.3, 0.4) is 0 Å². The van der Waals surface area contributed by atoms with Crippen LogP contribution in [0.25, 0.3) is 0 Å². The number of hydrogen-bond donors (Lipinski definition) is 2. The highest BCUT2D eigenvalue weighted by Crippen LogP contribution is 2.29. The number of benzene rings is 1. The first kappa shape index (κ1) is 20.4. The van der Waals surface area contributed by atoms with Crippen molar-refractivity contribution in [1.29, 1.82) is 0 Å². The summed E-state index contributed by atoms with van der Waals surface area (Å²) in [6.45, 7) is 2.10. The quantitative estimate of drug-likeness (QED) is 0.709. The van der Waals surface area contributed by atoms with E-state index in [4.69, 9.17) is 9.47 Å². The molecule has 0 aliphatic carbocycles. The molecule has 1 aromatic heterocycles. The molecule has 9 heteroatoms. The Kier molecular flexibility index (Phi) is 6.83. The largest absolute Gasteiger partial charge is 0.493 e. The molecular formula is C20H25N5O4. The van der Waals surface area contributed by atoms with Crippen LogP contribution in [0.1, 0.15) is 12.8 Å². The van der Waals surface area contributed by atoms with Crippen LogP contribution in [0.2, 0.25) is 0 Å². The topological polar surface area (TPSA) is 106 Å². The van der Waals surface area contributed by atoms with Gasteiger partial charge in [0.15, 0.2) is 11.5 Å². The van der Waals surface area contributed by atoms with Gasteiger partial charge in [-0.1, -0.05) is 0 Å². The summed E-state index contributed by atoms with van der Waals surface area (Å²) < 4.78 is 10.4. The SMILES string of the molecule is COc1ccc(NC(=O)C(=O)NCC2CCN(c3ncccn3)CC2)cc1OC. The number of carbonyl (C=O) groups is 2. The Morgan fingerprint density at radius 3 is 2.41 bits per heavy atom. The number of carbonyl (C=O) groups excluding carboxylic acids is 2. The monoisotopic (exact) mass is 399 g/mol. The van der Waals surface area contributed by atoms with Crippen molar-refractivity contribution in [3.63, 3.8) is 0 Å². The van der Waals surface area contributed by atoms with Crippen LogP contribution in [0.4, 0.5) is 11.6 Å². The highest BCUT2D eigenvalue weighted by Gasteiger charge is 2.22. The number of rotatable bonds is 6. The average Bonchev–Trinajstić information content (AvgIpc) is 2.78. The number of piperidine rings is 1. The molecule has 29 heavy (non-hydrogen) atoms. The van der Waals surface area contributed by atoms with Crippen molar-refractivity contribution >= 4 is 23.5 Å². The van der Waals surface area contributed by atoms with Gasteiger partial charge in [0.05, 0.1) is 14.2 Å². The van der Waals surface area contributed by atoms with Gasteiger partial charge >= 0.3 is 11.8 Å². The van der Waals surface area contributed by atoms with Crippen LogP contribution in [0.15, 0.2) is 36.7 Å². The van der Waals surface area contributed by atoms with Gasteiger partial charge in [0.2, 0.25) is 5.95 Å². The maximum atomic E-state index is 12.2. The molecule has 0 saturated carbocycles. The highest BCUT2D eigenvalue weighted by molar-refractivity contribution is 6.39. The molecule has 1 aromatic carbocycles. The van der Waals surface area contributed by atoms with Gasteiger partial charge in [-0.25, -0.2) is 9.97 Å². The number of nitrogens with one attached hydrogen (secondary N) is 2. The third-order valence-electron chi connectivity index (χ3n) is 4.85. The third-order valence-corrected chi connectivity index (χ3v) is 4.85.